The Morgan fingerprint density at radius 3 is 2.67 bits per heavy atom. The molecule has 0 saturated heterocycles. The summed E-state index contributed by atoms with van der Waals surface area (Å²) < 4.78 is 0. The first-order valence-electron chi connectivity index (χ1n) is 4.10. The minimum Gasteiger partial charge on any atom is -0.371 e. The molecule has 0 saturated carbocycles. The van der Waals surface area contributed by atoms with Crippen molar-refractivity contribution in [3.63, 3.8) is 0 Å². The monoisotopic (exact) mass is 183 g/mol. The van der Waals surface area contributed by atoms with E-state index in [1.807, 2.05) is 13.8 Å². The van der Waals surface area contributed by atoms with Crippen molar-refractivity contribution in [3.05, 3.63) is 12.4 Å². The maximum absolute atomic E-state index is 3.78. The average Bonchev–Trinajstić information content (AvgIpc) is 2.48. The molecule has 1 atom stereocenters. The van der Waals surface area contributed by atoms with Gasteiger partial charge in [0.2, 0.25) is 0 Å². The normalized spacial score (nSPS) is 18.8. The lowest BCUT2D eigenvalue weighted by atomic mass is 10.5. The molecule has 1 unspecified atom stereocenters. The van der Waals surface area contributed by atoms with Crippen molar-refractivity contribution in [1.29, 1.82) is 0 Å². The molecule has 0 bridgehead atoms. The molecule has 1 aromatic heterocycles. The fraction of sp³-hybridized carbons (Fsp3) is 0.500. The number of rotatable bonds is 0. The third-order valence-corrected chi connectivity index (χ3v) is 2.41. The Kier molecular flexibility index (Phi) is 3.34. The fourth-order valence-corrected chi connectivity index (χ4v) is 1.86. The summed E-state index contributed by atoms with van der Waals surface area (Å²) >= 11 is 1.78. The van der Waals surface area contributed by atoms with Crippen LogP contribution in [0.25, 0.3) is 0 Å². The third-order valence-electron chi connectivity index (χ3n) is 1.36. The summed E-state index contributed by atoms with van der Waals surface area (Å²) in [7, 11) is 0. The van der Waals surface area contributed by atoms with Crippen LogP contribution in [0.3, 0.4) is 0 Å². The number of hydrogen-bond donors (Lipinski definition) is 1. The molecule has 12 heavy (non-hydrogen) atoms. The second kappa shape index (κ2) is 4.30. The first-order chi connectivity index (χ1) is 5.86. The van der Waals surface area contributed by atoms with E-state index in [9.17, 15) is 0 Å². The van der Waals surface area contributed by atoms with Gasteiger partial charge >= 0.3 is 0 Å². The molecule has 0 amide bonds. The van der Waals surface area contributed by atoms with Gasteiger partial charge in [0.1, 0.15) is 0 Å². The number of fused-ring (bicyclic) bond motifs is 1. The number of thioether (sulfide) groups is 1. The molecule has 0 aliphatic carbocycles. The van der Waals surface area contributed by atoms with E-state index in [0.717, 1.165) is 5.69 Å². The minimum atomic E-state index is 0.459. The van der Waals surface area contributed by atoms with Gasteiger partial charge in [-0.05, 0) is 6.92 Å². The Hall–Kier alpha value is -0.770. The Bertz CT molecular complexity index is 227. The van der Waals surface area contributed by atoms with Crippen LogP contribution in [0.4, 0.5) is 5.69 Å². The highest BCUT2D eigenvalue weighted by Crippen LogP contribution is 2.36. The van der Waals surface area contributed by atoms with Crippen LogP contribution in [-0.2, 0) is 0 Å². The van der Waals surface area contributed by atoms with Gasteiger partial charge < -0.3 is 5.32 Å². The molecular weight excluding hydrogens is 170 g/mol. The summed E-state index contributed by atoms with van der Waals surface area (Å²) in [4.78, 5) is 1.20. The molecule has 0 aromatic carbocycles. The van der Waals surface area contributed by atoms with Gasteiger partial charge in [-0.3, -0.25) is 0 Å². The third kappa shape index (κ3) is 1.88. The molecule has 1 aromatic rings. The van der Waals surface area contributed by atoms with E-state index in [1.165, 1.54) is 4.90 Å². The van der Waals surface area contributed by atoms with E-state index in [1.54, 1.807) is 24.2 Å². The van der Waals surface area contributed by atoms with Gasteiger partial charge in [0.15, 0.2) is 0 Å². The van der Waals surface area contributed by atoms with Crippen molar-refractivity contribution in [1.82, 2.24) is 10.2 Å². The quantitative estimate of drug-likeness (QED) is 0.670. The lowest BCUT2D eigenvalue weighted by molar-refractivity contribution is 0.999. The molecule has 0 spiro atoms. The van der Waals surface area contributed by atoms with E-state index in [-0.39, 0.29) is 0 Å². The van der Waals surface area contributed by atoms with Crippen LogP contribution >= 0.6 is 11.8 Å². The Morgan fingerprint density at radius 1 is 1.33 bits per heavy atom. The van der Waals surface area contributed by atoms with Crippen molar-refractivity contribution in [3.8, 4) is 0 Å². The highest BCUT2D eigenvalue weighted by atomic mass is 32.2. The van der Waals surface area contributed by atoms with Gasteiger partial charge in [-0.25, -0.2) is 0 Å². The molecule has 1 aliphatic rings. The van der Waals surface area contributed by atoms with Crippen LogP contribution in [0.1, 0.15) is 20.8 Å². The van der Waals surface area contributed by atoms with Gasteiger partial charge in [0.25, 0.3) is 0 Å². The van der Waals surface area contributed by atoms with E-state index in [0.29, 0.717) is 5.37 Å². The van der Waals surface area contributed by atoms with Gasteiger partial charge in [0, 0.05) is 0 Å². The first-order valence-corrected chi connectivity index (χ1v) is 4.98. The van der Waals surface area contributed by atoms with Crippen LogP contribution < -0.4 is 5.32 Å². The molecule has 4 heteroatoms. The van der Waals surface area contributed by atoms with Gasteiger partial charge in [-0.1, -0.05) is 25.6 Å². The van der Waals surface area contributed by atoms with Crippen LogP contribution in [-0.4, -0.2) is 15.6 Å². The van der Waals surface area contributed by atoms with Crippen LogP contribution in [0.5, 0.6) is 0 Å². The average molecular weight is 183 g/mol. The molecular formula is C8H13N3S. The zero-order chi connectivity index (χ0) is 8.97. The molecule has 1 aliphatic heterocycles. The number of anilines is 1. The van der Waals surface area contributed by atoms with Gasteiger partial charge in [-0.15, -0.1) is 0 Å². The molecule has 3 nitrogen and oxygen atoms in total. The number of hydrogen-bond acceptors (Lipinski definition) is 4. The van der Waals surface area contributed by atoms with Crippen LogP contribution in [0, 0.1) is 0 Å². The van der Waals surface area contributed by atoms with Crippen molar-refractivity contribution in [2.24, 2.45) is 0 Å². The smallest absolute Gasteiger partial charge is 0.0742 e. The Morgan fingerprint density at radius 2 is 2.00 bits per heavy atom. The largest absolute Gasteiger partial charge is 0.371 e. The van der Waals surface area contributed by atoms with Crippen molar-refractivity contribution in [2.45, 2.75) is 31.0 Å². The topological polar surface area (TPSA) is 37.8 Å². The van der Waals surface area contributed by atoms with Crippen LogP contribution in [0.15, 0.2) is 17.3 Å². The molecule has 2 heterocycles. The Balaban J connectivity index is 0.000000336. The van der Waals surface area contributed by atoms with Gasteiger partial charge in [-0.2, -0.15) is 10.2 Å². The highest BCUT2D eigenvalue weighted by Gasteiger charge is 2.16. The maximum atomic E-state index is 3.78. The molecule has 0 radical (unpaired) electrons. The number of nitrogens with zero attached hydrogens (tertiary/aromatic N) is 2. The summed E-state index contributed by atoms with van der Waals surface area (Å²) in [5.74, 6) is 0. The van der Waals surface area contributed by atoms with E-state index in [4.69, 9.17) is 0 Å². The molecule has 0 fully saturated rings. The van der Waals surface area contributed by atoms with E-state index in [2.05, 4.69) is 22.4 Å². The Labute approximate surface area is 77.0 Å². The lowest BCUT2D eigenvalue weighted by Crippen LogP contribution is -2.02. The summed E-state index contributed by atoms with van der Waals surface area (Å²) in [6.07, 6.45) is 3.54. The zero-order valence-electron chi connectivity index (χ0n) is 7.53. The van der Waals surface area contributed by atoms with Crippen molar-refractivity contribution < 1.29 is 0 Å². The predicted octanol–water partition coefficient (Wildman–Crippen LogP) is 2.37. The summed E-state index contributed by atoms with van der Waals surface area (Å²) in [5.41, 5.74) is 1.10. The standard InChI is InChI=1S/C6H7N3S.C2H6/c1-4-9-5-2-7-8-3-6(5)10-4;1-2/h2-4,9H,1H3;1-2H3. The summed E-state index contributed by atoms with van der Waals surface area (Å²) in [5, 5.41) is 11.3. The number of nitrogens with one attached hydrogen (secondary N) is 1. The number of aromatic nitrogens is 2. The highest BCUT2D eigenvalue weighted by molar-refractivity contribution is 8.00. The predicted molar refractivity (Wildman–Crippen MR) is 52.3 cm³/mol. The second-order valence-corrected chi connectivity index (χ2v) is 3.55. The maximum Gasteiger partial charge on any atom is 0.0742 e. The van der Waals surface area contributed by atoms with E-state index >= 15 is 0 Å². The SMILES string of the molecule is CC.CC1Nc2cnncc2S1. The van der Waals surface area contributed by atoms with Crippen molar-refractivity contribution >= 4 is 17.4 Å². The summed E-state index contributed by atoms with van der Waals surface area (Å²) in [6.45, 7) is 6.12. The van der Waals surface area contributed by atoms with E-state index < -0.39 is 0 Å². The molecule has 66 valence electrons. The van der Waals surface area contributed by atoms with Crippen LogP contribution in [0.2, 0.25) is 0 Å². The molecule has 2 rings (SSSR count). The second-order valence-electron chi connectivity index (χ2n) is 2.17. The van der Waals surface area contributed by atoms with Gasteiger partial charge in [0.05, 0.1) is 28.4 Å². The minimum absolute atomic E-state index is 0.459. The lowest BCUT2D eigenvalue weighted by Gasteiger charge is -1.98. The fourth-order valence-electron chi connectivity index (χ4n) is 0.951. The molecule has 1 N–H and O–H groups in total. The first kappa shape index (κ1) is 9.32. The van der Waals surface area contributed by atoms with Crippen molar-refractivity contribution in [2.75, 3.05) is 5.32 Å². The zero-order valence-corrected chi connectivity index (χ0v) is 8.35. The summed E-state index contributed by atoms with van der Waals surface area (Å²) in [6, 6.07) is 0.